The highest BCUT2D eigenvalue weighted by molar-refractivity contribution is 5.85. The molecule has 0 aromatic carbocycles. The number of allylic oxidation sites excluding steroid dienone is 3. The molecule has 0 amide bonds. The average molecular weight is 673 g/mol. The van der Waals surface area contributed by atoms with E-state index in [-0.39, 0.29) is 70.2 Å². The minimum Gasteiger partial charge on any atom is -0.373 e. The third-order valence-electron chi connectivity index (χ3n) is 11.4. The molecular weight excluding hydrogens is 608 g/mol. The van der Waals surface area contributed by atoms with Crippen LogP contribution in [-0.2, 0) is 38.0 Å². The van der Waals surface area contributed by atoms with Crippen molar-refractivity contribution in [3.63, 3.8) is 0 Å². The summed E-state index contributed by atoms with van der Waals surface area (Å²) in [5, 5.41) is 0. The van der Waals surface area contributed by atoms with Crippen LogP contribution in [0.25, 0.3) is 0 Å². The molecule has 0 N–H and O–H groups in total. The standard InChI is InChI=1S/C18H28O4.C16H24O4.C6H12/c1-4-5-6-7-8-9-14-17(2,22-14)16-15(20-3)13(19)10-11-18(16)12-21-18;1-10(2)5-6-12-15(3,20-12)14-13(18-4)11(17)7-8-16(14)9-19-16;1-3-5-6-4-2/h7-8,14-16H,4-6,9-12H2,1-3H3;5,12-14H,6-9H2,1-4H3;3H,1,4-6H2,2H3/b8-7+;;/t14-,15-,16-,17+,18+;12-,13-,14-,15+,16+;/m11./s1. The SMILES string of the molecule is C=CCCCC.CCCC/C=C/C[C@H]1O[C@]1(C)[C@H]1[C@H](OC)C(=O)CC[C@]12CO2.CO[C@@H]1C(=O)CC[C@]2(CO2)[C@H]1[C@@]1(C)O[C@@H]1CC=C(C)C. The fourth-order valence-corrected chi connectivity index (χ4v) is 8.21. The van der Waals surface area contributed by atoms with Crippen LogP contribution in [0.4, 0.5) is 0 Å². The zero-order valence-corrected chi connectivity index (χ0v) is 31.1. The Morgan fingerprint density at radius 1 is 0.792 bits per heavy atom. The molecule has 6 fully saturated rings. The van der Waals surface area contributed by atoms with Crippen LogP contribution in [-0.4, -0.2) is 85.8 Å². The maximum atomic E-state index is 12.2. The summed E-state index contributed by atoms with van der Waals surface area (Å²) in [6, 6.07) is 0. The van der Waals surface area contributed by atoms with Gasteiger partial charge in [0.1, 0.15) is 34.6 Å². The van der Waals surface area contributed by atoms with Crippen molar-refractivity contribution in [1.82, 2.24) is 0 Å². The normalized spacial score (nSPS) is 40.5. The number of Topliss-reactive ketones (excluding diaryl/α,β-unsaturated/α-hetero) is 2. The number of carbonyl (C=O) groups excluding carboxylic acids is 2. The number of carbonyl (C=O) groups is 2. The second-order valence-corrected chi connectivity index (χ2v) is 15.3. The van der Waals surface area contributed by atoms with Crippen molar-refractivity contribution in [1.29, 1.82) is 0 Å². The molecule has 48 heavy (non-hydrogen) atoms. The number of rotatable bonds is 14. The molecule has 0 unspecified atom stereocenters. The van der Waals surface area contributed by atoms with E-state index in [1.807, 2.05) is 6.08 Å². The second-order valence-electron chi connectivity index (χ2n) is 15.3. The molecule has 8 nitrogen and oxygen atoms in total. The zero-order chi connectivity index (χ0) is 35.2. The largest absolute Gasteiger partial charge is 0.373 e. The fourth-order valence-electron chi connectivity index (χ4n) is 8.21. The minimum absolute atomic E-state index is 0.0248. The van der Waals surface area contributed by atoms with E-state index in [1.165, 1.54) is 37.7 Å². The first-order chi connectivity index (χ1) is 22.9. The van der Waals surface area contributed by atoms with Crippen molar-refractivity contribution in [2.45, 2.75) is 165 Å². The number of hydrogen-bond donors (Lipinski definition) is 0. The Kier molecular flexibility index (Phi) is 13.5. The van der Waals surface area contributed by atoms with Crippen molar-refractivity contribution in [2.75, 3.05) is 27.4 Å². The van der Waals surface area contributed by atoms with Gasteiger partial charge in [-0.15, -0.1) is 6.58 Å². The summed E-state index contributed by atoms with van der Waals surface area (Å²) in [4.78, 5) is 24.4. The second kappa shape index (κ2) is 16.6. The molecule has 8 heteroatoms. The summed E-state index contributed by atoms with van der Waals surface area (Å²) < 4.78 is 34.6. The third-order valence-corrected chi connectivity index (χ3v) is 11.4. The molecule has 2 aliphatic carbocycles. The molecule has 10 atom stereocenters. The van der Waals surface area contributed by atoms with Gasteiger partial charge in [0.05, 0.1) is 37.3 Å². The van der Waals surface area contributed by atoms with Gasteiger partial charge in [-0.25, -0.2) is 0 Å². The van der Waals surface area contributed by atoms with Crippen molar-refractivity contribution in [3.05, 3.63) is 36.5 Å². The van der Waals surface area contributed by atoms with Crippen LogP contribution in [0, 0.1) is 11.8 Å². The highest BCUT2D eigenvalue weighted by Gasteiger charge is 2.73. The molecule has 0 aromatic rings. The molecule has 6 rings (SSSR count). The summed E-state index contributed by atoms with van der Waals surface area (Å²) in [6.07, 6.45) is 20.1. The summed E-state index contributed by atoms with van der Waals surface area (Å²) in [5.41, 5.74) is 0.359. The van der Waals surface area contributed by atoms with E-state index in [0.717, 1.165) is 45.3 Å². The van der Waals surface area contributed by atoms with Crippen LogP contribution in [0.3, 0.4) is 0 Å². The number of ketones is 2. The molecule has 0 aromatic heterocycles. The van der Waals surface area contributed by atoms with Crippen LogP contribution in [0.2, 0.25) is 0 Å². The molecule has 4 saturated heterocycles. The maximum absolute atomic E-state index is 12.2. The van der Waals surface area contributed by atoms with E-state index in [1.54, 1.807) is 14.2 Å². The van der Waals surface area contributed by atoms with Gasteiger partial charge in [0.2, 0.25) is 0 Å². The predicted molar refractivity (Wildman–Crippen MR) is 188 cm³/mol. The first kappa shape index (κ1) is 39.1. The highest BCUT2D eigenvalue weighted by atomic mass is 16.6. The lowest BCUT2D eigenvalue weighted by Crippen LogP contribution is -2.52. The fraction of sp³-hybridized carbons (Fsp3) is 0.800. The summed E-state index contributed by atoms with van der Waals surface area (Å²) in [6.45, 7) is 17.9. The van der Waals surface area contributed by atoms with Gasteiger partial charge >= 0.3 is 0 Å². The van der Waals surface area contributed by atoms with Gasteiger partial charge in [-0.05, 0) is 66.2 Å². The van der Waals surface area contributed by atoms with Crippen LogP contribution < -0.4 is 0 Å². The molecule has 4 heterocycles. The van der Waals surface area contributed by atoms with Gasteiger partial charge in [0.15, 0.2) is 11.6 Å². The van der Waals surface area contributed by atoms with E-state index in [4.69, 9.17) is 28.4 Å². The van der Waals surface area contributed by atoms with Crippen molar-refractivity contribution in [2.24, 2.45) is 11.8 Å². The minimum atomic E-state index is -0.382. The average Bonchev–Trinajstić information content (AvgIpc) is 3.93. The van der Waals surface area contributed by atoms with Crippen LogP contribution in [0.1, 0.15) is 119 Å². The molecule has 4 aliphatic heterocycles. The summed E-state index contributed by atoms with van der Waals surface area (Å²) >= 11 is 0. The number of methoxy groups -OCH3 is 2. The van der Waals surface area contributed by atoms with Crippen LogP contribution in [0.15, 0.2) is 36.5 Å². The van der Waals surface area contributed by atoms with Gasteiger partial charge in [-0.2, -0.15) is 0 Å². The Morgan fingerprint density at radius 3 is 1.62 bits per heavy atom. The van der Waals surface area contributed by atoms with Gasteiger partial charge in [-0.1, -0.05) is 69.4 Å². The Balaban J connectivity index is 0.000000186. The van der Waals surface area contributed by atoms with Gasteiger partial charge in [-0.3, -0.25) is 9.59 Å². The van der Waals surface area contributed by atoms with Crippen molar-refractivity contribution >= 4 is 11.6 Å². The third kappa shape index (κ3) is 8.78. The van der Waals surface area contributed by atoms with Crippen LogP contribution >= 0.6 is 0 Å². The zero-order valence-electron chi connectivity index (χ0n) is 31.1. The van der Waals surface area contributed by atoms with E-state index in [0.29, 0.717) is 12.8 Å². The Morgan fingerprint density at radius 2 is 1.25 bits per heavy atom. The highest BCUT2D eigenvalue weighted by Crippen LogP contribution is 2.60. The first-order valence-electron chi connectivity index (χ1n) is 18.6. The Hall–Kier alpha value is -1.68. The Bertz CT molecular complexity index is 1160. The molecule has 2 saturated carbocycles. The summed E-state index contributed by atoms with van der Waals surface area (Å²) in [5.74, 6) is 0.441. The smallest absolute Gasteiger partial charge is 0.162 e. The monoisotopic (exact) mass is 672 g/mol. The molecule has 0 bridgehead atoms. The molecule has 272 valence electrons. The van der Waals surface area contributed by atoms with E-state index in [2.05, 4.69) is 66.3 Å². The van der Waals surface area contributed by atoms with E-state index >= 15 is 0 Å². The van der Waals surface area contributed by atoms with E-state index in [9.17, 15) is 9.59 Å². The van der Waals surface area contributed by atoms with Crippen molar-refractivity contribution in [3.8, 4) is 0 Å². The summed E-state index contributed by atoms with van der Waals surface area (Å²) in [7, 11) is 3.25. The molecule has 0 radical (unpaired) electrons. The number of epoxide rings is 4. The van der Waals surface area contributed by atoms with Crippen LogP contribution in [0.5, 0.6) is 0 Å². The number of unbranched alkanes of at least 4 members (excludes halogenated alkanes) is 4. The quantitative estimate of drug-likeness (QED) is 0.105. The Labute approximate surface area is 290 Å². The topological polar surface area (TPSA) is 103 Å². The predicted octanol–water partition coefficient (Wildman–Crippen LogP) is 7.67. The number of hydrogen-bond acceptors (Lipinski definition) is 8. The molecule has 2 spiro atoms. The first-order valence-corrected chi connectivity index (χ1v) is 18.6. The van der Waals surface area contributed by atoms with E-state index < -0.39 is 0 Å². The lowest BCUT2D eigenvalue weighted by molar-refractivity contribution is -0.142. The van der Waals surface area contributed by atoms with Gasteiger partial charge in [0, 0.05) is 27.1 Å². The number of ether oxygens (including phenoxy) is 6. The van der Waals surface area contributed by atoms with Crippen molar-refractivity contribution < 1.29 is 38.0 Å². The maximum Gasteiger partial charge on any atom is 0.162 e. The molecule has 6 aliphatic rings. The van der Waals surface area contributed by atoms with Gasteiger partial charge in [0.25, 0.3) is 0 Å². The lowest BCUT2D eigenvalue weighted by Gasteiger charge is -2.37. The molecular formula is C40H64O8. The lowest BCUT2D eigenvalue weighted by atomic mass is 9.69. The van der Waals surface area contributed by atoms with Gasteiger partial charge < -0.3 is 28.4 Å².